The molecule has 0 saturated carbocycles. The van der Waals surface area contributed by atoms with E-state index in [0.29, 0.717) is 0 Å². The Kier molecular flexibility index (Phi) is 2.45. The number of hydrogen-bond acceptors (Lipinski definition) is 1. The van der Waals surface area contributed by atoms with Crippen molar-refractivity contribution in [3.8, 4) is 0 Å². The van der Waals surface area contributed by atoms with Gasteiger partial charge in [-0.05, 0) is 56.9 Å². The first-order valence-electron chi connectivity index (χ1n) is 5.62. The van der Waals surface area contributed by atoms with Crippen molar-refractivity contribution < 1.29 is 0 Å². The van der Waals surface area contributed by atoms with Gasteiger partial charge in [0.05, 0.1) is 0 Å². The number of benzene rings is 1. The zero-order valence-corrected chi connectivity index (χ0v) is 10.9. The van der Waals surface area contributed by atoms with Crippen molar-refractivity contribution in [3.05, 3.63) is 33.4 Å². The molecular formula is C14H18N2. The summed E-state index contributed by atoms with van der Waals surface area (Å²) in [5.74, 6) is 0.885. The van der Waals surface area contributed by atoms with Crippen LogP contribution in [0.1, 0.15) is 40.3 Å². The quantitative estimate of drug-likeness (QED) is 0.634. The summed E-state index contributed by atoms with van der Waals surface area (Å²) >= 11 is 0. The zero-order chi connectivity index (χ0) is 12.0. The van der Waals surface area contributed by atoms with Crippen LogP contribution >= 0.6 is 0 Å². The average Bonchev–Trinajstić information content (AvgIpc) is 2.60. The van der Waals surface area contributed by atoms with Gasteiger partial charge in [0, 0.05) is 23.9 Å². The summed E-state index contributed by atoms with van der Waals surface area (Å²) in [6.07, 6.45) is 0. The summed E-state index contributed by atoms with van der Waals surface area (Å²) in [6.45, 7) is 10.8. The van der Waals surface area contributed by atoms with Crippen LogP contribution in [0.15, 0.2) is 9.98 Å². The summed E-state index contributed by atoms with van der Waals surface area (Å²) in [4.78, 5) is 8.83. The van der Waals surface area contributed by atoms with Gasteiger partial charge in [0.2, 0.25) is 0 Å². The summed E-state index contributed by atoms with van der Waals surface area (Å²) in [7, 11) is 1.81. The Morgan fingerprint density at radius 2 is 1.25 bits per heavy atom. The number of aliphatic imine (C=N–C) groups is 2. The lowest BCUT2D eigenvalue weighted by Gasteiger charge is -2.15. The minimum atomic E-state index is 0.885. The molecule has 0 aromatic heterocycles. The SMILES string of the molecule is CN=C1N=C(C)c2c(C)c(C)c(C)c(C)c21. The van der Waals surface area contributed by atoms with E-state index in [4.69, 9.17) is 0 Å². The molecule has 0 amide bonds. The monoisotopic (exact) mass is 214 g/mol. The maximum absolute atomic E-state index is 4.55. The predicted molar refractivity (Wildman–Crippen MR) is 70.1 cm³/mol. The molecule has 2 rings (SSSR count). The molecule has 16 heavy (non-hydrogen) atoms. The number of fused-ring (bicyclic) bond motifs is 1. The highest BCUT2D eigenvalue weighted by atomic mass is 14.9. The Balaban J connectivity index is 2.91. The van der Waals surface area contributed by atoms with Crippen LogP contribution in [0.25, 0.3) is 0 Å². The van der Waals surface area contributed by atoms with Gasteiger partial charge in [-0.3, -0.25) is 4.99 Å². The largest absolute Gasteiger partial charge is 0.270 e. The molecule has 0 bridgehead atoms. The van der Waals surface area contributed by atoms with Crippen molar-refractivity contribution in [1.82, 2.24) is 0 Å². The standard InChI is InChI=1S/C14H18N2/c1-7-8(2)10(4)13-12(9(7)3)11(5)16-14(13)15-6/h1-6H3. The van der Waals surface area contributed by atoms with Crippen molar-refractivity contribution in [2.45, 2.75) is 34.6 Å². The Labute approximate surface area is 97.1 Å². The van der Waals surface area contributed by atoms with Gasteiger partial charge in [-0.2, -0.15) is 0 Å². The van der Waals surface area contributed by atoms with Crippen molar-refractivity contribution in [2.75, 3.05) is 7.05 Å². The van der Waals surface area contributed by atoms with E-state index in [1.807, 2.05) is 7.05 Å². The minimum Gasteiger partial charge on any atom is -0.270 e. The summed E-state index contributed by atoms with van der Waals surface area (Å²) < 4.78 is 0. The second-order valence-corrected chi connectivity index (χ2v) is 4.49. The third-order valence-electron chi connectivity index (χ3n) is 3.76. The summed E-state index contributed by atoms with van der Waals surface area (Å²) in [6, 6.07) is 0. The third kappa shape index (κ3) is 1.26. The Morgan fingerprint density at radius 3 is 1.75 bits per heavy atom. The molecule has 0 radical (unpaired) electrons. The highest BCUT2D eigenvalue weighted by molar-refractivity contribution is 6.23. The molecule has 0 aliphatic carbocycles. The lowest BCUT2D eigenvalue weighted by atomic mass is 9.88. The Bertz CT molecular complexity index is 534. The molecule has 0 N–H and O–H groups in total. The molecular weight excluding hydrogens is 196 g/mol. The molecule has 1 aromatic rings. The summed E-state index contributed by atoms with van der Waals surface area (Å²) in [5.41, 5.74) is 9.03. The molecule has 1 aliphatic rings. The van der Waals surface area contributed by atoms with Crippen LogP contribution in [0.4, 0.5) is 0 Å². The number of rotatable bonds is 0. The molecule has 84 valence electrons. The fourth-order valence-electron chi connectivity index (χ4n) is 2.48. The molecule has 2 heteroatoms. The predicted octanol–water partition coefficient (Wildman–Crippen LogP) is 3.12. The molecule has 1 heterocycles. The molecule has 1 aromatic carbocycles. The van der Waals surface area contributed by atoms with Gasteiger partial charge in [-0.15, -0.1) is 0 Å². The first kappa shape index (κ1) is 11.1. The van der Waals surface area contributed by atoms with Gasteiger partial charge in [0.1, 0.15) is 0 Å². The van der Waals surface area contributed by atoms with Crippen LogP contribution in [0, 0.1) is 27.7 Å². The third-order valence-corrected chi connectivity index (χ3v) is 3.76. The van der Waals surface area contributed by atoms with E-state index in [-0.39, 0.29) is 0 Å². The zero-order valence-electron chi connectivity index (χ0n) is 10.9. The van der Waals surface area contributed by atoms with E-state index in [1.165, 1.54) is 33.4 Å². The van der Waals surface area contributed by atoms with Gasteiger partial charge in [-0.1, -0.05) is 0 Å². The lowest BCUT2D eigenvalue weighted by Crippen LogP contribution is -2.06. The number of nitrogens with zero attached hydrogens (tertiary/aromatic N) is 2. The second-order valence-electron chi connectivity index (χ2n) is 4.49. The van der Waals surface area contributed by atoms with E-state index in [9.17, 15) is 0 Å². The van der Waals surface area contributed by atoms with Crippen LogP contribution < -0.4 is 0 Å². The Morgan fingerprint density at radius 1 is 0.750 bits per heavy atom. The van der Waals surface area contributed by atoms with Gasteiger partial charge >= 0.3 is 0 Å². The number of amidine groups is 1. The van der Waals surface area contributed by atoms with Crippen LogP contribution in [0.3, 0.4) is 0 Å². The van der Waals surface area contributed by atoms with Crippen molar-refractivity contribution in [1.29, 1.82) is 0 Å². The van der Waals surface area contributed by atoms with Crippen LogP contribution in [-0.4, -0.2) is 18.6 Å². The fraction of sp³-hybridized carbons (Fsp3) is 0.429. The molecule has 0 spiro atoms. The average molecular weight is 214 g/mol. The van der Waals surface area contributed by atoms with Crippen molar-refractivity contribution in [2.24, 2.45) is 9.98 Å². The maximum Gasteiger partial charge on any atom is 0.155 e. The smallest absolute Gasteiger partial charge is 0.155 e. The van der Waals surface area contributed by atoms with Gasteiger partial charge in [0.15, 0.2) is 5.84 Å². The molecule has 0 unspecified atom stereocenters. The maximum atomic E-state index is 4.55. The number of hydrogen-bond donors (Lipinski definition) is 0. The first-order chi connectivity index (χ1) is 7.49. The van der Waals surface area contributed by atoms with E-state index >= 15 is 0 Å². The van der Waals surface area contributed by atoms with E-state index < -0.39 is 0 Å². The van der Waals surface area contributed by atoms with Crippen LogP contribution in [-0.2, 0) is 0 Å². The normalized spacial score (nSPS) is 16.6. The minimum absolute atomic E-state index is 0.885. The lowest BCUT2D eigenvalue weighted by molar-refractivity contribution is 1.20. The van der Waals surface area contributed by atoms with E-state index in [2.05, 4.69) is 44.6 Å². The first-order valence-corrected chi connectivity index (χ1v) is 5.62. The molecule has 1 aliphatic heterocycles. The fourth-order valence-corrected chi connectivity index (χ4v) is 2.48. The van der Waals surface area contributed by atoms with E-state index in [0.717, 1.165) is 11.5 Å². The topological polar surface area (TPSA) is 24.7 Å². The summed E-state index contributed by atoms with van der Waals surface area (Å²) in [5, 5.41) is 0. The van der Waals surface area contributed by atoms with Crippen molar-refractivity contribution in [3.63, 3.8) is 0 Å². The second kappa shape index (κ2) is 3.55. The van der Waals surface area contributed by atoms with Gasteiger partial charge in [0.25, 0.3) is 0 Å². The van der Waals surface area contributed by atoms with Gasteiger partial charge in [-0.25, -0.2) is 4.99 Å². The highest BCUT2D eigenvalue weighted by Gasteiger charge is 2.25. The van der Waals surface area contributed by atoms with Crippen molar-refractivity contribution >= 4 is 11.5 Å². The Hall–Kier alpha value is -1.44. The molecule has 0 saturated heterocycles. The highest BCUT2D eigenvalue weighted by Crippen LogP contribution is 2.31. The van der Waals surface area contributed by atoms with Gasteiger partial charge < -0.3 is 0 Å². The van der Waals surface area contributed by atoms with Crippen LogP contribution in [0.2, 0.25) is 0 Å². The molecule has 0 fully saturated rings. The van der Waals surface area contributed by atoms with E-state index in [1.54, 1.807) is 0 Å². The van der Waals surface area contributed by atoms with Crippen LogP contribution in [0.5, 0.6) is 0 Å². The molecule has 0 atom stereocenters. The molecule has 2 nitrogen and oxygen atoms in total.